The summed E-state index contributed by atoms with van der Waals surface area (Å²) in [6.07, 6.45) is 0.210. The van der Waals surface area contributed by atoms with Gasteiger partial charge in [-0.1, -0.05) is 13.8 Å². The topological polar surface area (TPSA) is 71.0 Å². The second kappa shape index (κ2) is 8.75. The molecule has 8 heteroatoms. The summed E-state index contributed by atoms with van der Waals surface area (Å²) in [5, 5.41) is 7.58. The molecule has 1 heterocycles. The number of hydrazine groups is 1. The first kappa shape index (κ1) is 19.8. The summed E-state index contributed by atoms with van der Waals surface area (Å²) in [6.45, 7) is 8.95. The Morgan fingerprint density at radius 2 is 1.88 bits per heavy atom. The number of anilines is 1. The molecule has 26 heavy (non-hydrogen) atoms. The highest BCUT2D eigenvalue weighted by Crippen LogP contribution is 2.15. The van der Waals surface area contributed by atoms with Crippen LogP contribution in [0.15, 0.2) is 24.3 Å². The number of aromatic nitrogens is 2. The lowest BCUT2D eigenvalue weighted by molar-refractivity contribution is -0.121. The first-order valence-corrected chi connectivity index (χ1v) is 8.81. The van der Waals surface area contributed by atoms with Crippen LogP contribution in [-0.2, 0) is 17.8 Å². The van der Waals surface area contributed by atoms with Crippen LogP contribution in [0.25, 0.3) is 0 Å². The number of hydrogen-bond acceptors (Lipinski definition) is 3. The minimum absolute atomic E-state index is 0.210. The smallest absolute Gasteiger partial charge is 0.242 e. The third-order valence-corrected chi connectivity index (χ3v) is 4.03. The normalized spacial score (nSPS) is 10.7. The number of aryl methyl sites for hydroxylation is 1. The van der Waals surface area contributed by atoms with E-state index < -0.39 is 0 Å². The second-order valence-electron chi connectivity index (χ2n) is 6.54. The largest absolute Gasteiger partial charge is 0.331 e. The van der Waals surface area contributed by atoms with Gasteiger partial charge in [0.25, 0.3) is 0 Å². The highest BCUT2D eigenvalue weighted by Gasteiger charge is 2.15. The van der Waals surface area contributed by atoms with Crippen LogP contribution < -0.4 is 16.2 Å². The van der Waals surface area contributed by atoms with Gasteiger partial charge >= 0.3 is 0 Å². The molecule has 0 unspecified atom stereocenters. The number of nitrogens with one attached hydrogen (secondary N) is 3. The Hall–Kier alpha value is -2.48. The monoisotopic (exact) mass is 377 g/mol. The Labute approximate surface area is 158 Å². The number of amides is 1. The van der Waals surface area contributed by atoms with Gasteiger partial charge in [-0.15, -0.1) is 0 Å². The van der Waals surface area contributed by atoms with Crippen LogP contribution in [0.5, 0.6) is 0 Å². The molecule has 3 N–H and O–H groups in total. The molecule has 0 atom stereocenters. The molecule has 0 spiro atoms. The minimum Gasteiger partial charge on any atom is -0.331 e. The van der Waals surface area contributed by atoms with Crippen LogP contribution in [0.2, 0.25) is 0 Å². The summed E-state index contributed by atoms with van der Waals surface area (Å²) < 4.78 is 14.8. The number of carbonyl (C=O) groups excluding carboxylic acids is 1. The molecule has 0 aliphatic rings. The fourth-order valence-corrected chi connectivity index (χ4v) is 2.71. The molecule has 140 valence electrons. The van der Waals surface area contributed by atoms with Crippen LogP contribution in [0.3, 0.4) is 0 Å². The fourth-order valence-electron chi connectivity index (χ4n) is 2.54. The number of rotatable bonds is 5. The predicted molar refractivity (Wildman–Crippen MR) is 104 cm³/mol. The lowest BCUT2D eigenvalue weighted by Gasteiger charge is -2.12. The maximum atomic E-state index is 12.9. The van der Waals surface area contributed by atoms with Crippen LogP contribution in [0, 0.1) is 25.6 Å². The van der Waals surface area contributed by atoms with Crippen molar-refractivity contribution in [1.82, 2.24) is 20.6 Å². The zero-order valence-corrected chi connectivity index (χ0v) is 16.2. The molecule has 0 aliphatic carbocycles. The SMILES string of the molecule is Cc1nn(CC(C)C)c(C)c1CC(=O)NNC(=S)Nc1ccc(F)cc1. The van der Waals surface area contributed by atoms with Crippen molar-refractivity contribution in [2.75, 3.05) is 5.32 Å². The Bertz CT molecular complexity index is 786. The van der Waals surface area contributed by atoms with Gasteiger partial charge in [0.2, 0.25) is 5.91 Å². The highest BCUT2D eigenvalue weighted by molar-refractivity contribution is 7.80. The van der Waals surface area contributed by atoms with E-state index in [0.717, 1.165) is 23.5 Å². The van der Waals surface area contributed by atoms with Crippen molar-refractivity contribution in [2.24, 2.45) is 5.92 Å². The fraction of sp³-hybridized carbons (Fsp3) is 0.389. The average molecular weight is 377 g/mol. The molecule has 1 aromatic carbocycles. The summed E-state index contributed by atoms with van der Waals surface area (Å²) >= 11 is 5.11. The van der Waals surface area contributed by atoms with E-state index in [1.54, 1.807) is 12.1 Å². The van der Waals surface area contributed by atoms with Crippen molar-refractivity contribution in [1.29, 1.82) is 0 Å². The van der Waals surface area contributed by atoms with Crippen LogP contribution in [0.1, 0.15) is 30.8 Å². The van der Waals surface area contributed by atoms with Crippen molar-refractivity contribution in [2.45, 2.75) is 40.7 Å². The third kappa shape index (κ3) is 5.52. The van der Waals surface area contributed by atoms with Crippen molar-refractivity contribution in [3.8, 4) is 0 Å². The number of halogens is 1. The average Bonchev–Trinajstić information content (AvgIpc) is 2.82. The predicted octanol–water partition coefficient (Wildman–Crippen LogP) is 2.86. The molecule has 0 saturated carbocycles. The summed E-state index contributed by atoms with van der Waals surface area (Å²) in [7, 11) is 0. The Morgan fingerprint density at radius 1 is 1.23 bits per heavy atom. The van der Waals surface area contributed by atoms with E-state index in [1.165, 1.54) is 12.1 Å². The number of nitrogens with zero attached hydrogens (tertiary/aromatic N) is 2. The van der Waals surface area contributed by atoms with E-state index in [0.29, 0.717) is 11.6 Å². The van der Waals surface area contributed by atoms with E-state index >= 15 is 0 Å². The van der Waals surface area contributed by atoms with Gasteiger partial charge in [-0.25, -0.2) is 4.39 Å². The molecule has 0 fully saturated rings. The molecule has 0 aliphatic heterocycles. The zero-order valence-electron chi connectivity index (χ0n) is 15.4. The van der Waals surface area contributed by atoms with E-state index in [-0.39, 0.29) is 23.3 Å². The quantitative estimate of drug-likeness (QED) is 0.552. The van der Waals surface area contributed by atoms with Crippen LogP contribution >= 0.6 is 12.2 Å². The summed E-state index contributed by atoms with van der Waals surface area (Å²) in [5.74, 6) is -0.0683. The molecule has 2 rings (SSSR count). The van der Waals surface area contributed by atoms with Crippen molar-refractivity contribution >= 4 is 28.9 Å². The first-order chi connectivity index (χ1) is 12.3. The Morgan fingerprint density at radius 3 is 2.50 bits per heavy atom. The first-order valence-electron chi connectivity index (χ1n) is 8.40. The summed E-state index contributed by atoms with van der Waals surface area (Å²) in [6, 6.07) is 5.76. The van der Waals surface area contributed by atoms with Gasteiger partial charge in [0.05, 0.1) is 12.1 Å². The zero-order chi connectivity index (χ0) is 19.3. The van der Waals surface area contributed by atoms with Crippen LogP contribution in [0.4, 0.5) is 10.1 Å². The number of carbonyl (C=O) groups is 1. The van der Waals surface area contributed by atoms with Crippen molar-refractivity contribution in [3.05, 3.63) is 47.0 Å². The number of hydrogen-bond donors (Lipinski definition) is 3. The van der Waals surface area contributed by atoms with E-state index in [1.807, 2.05) is 18.5 Å². The lowest BCUT2D eigenvalue weighted by atomic mass is 10.1. The molecule has 0 bridgehead atoms. The molecule has 1 amide bonds. The van der Waals surface area contributed by atoms with Gasteiger partial charge in [0.1, 0.15) is 5.82 Å². The van der Waals surface area contributed by atoms with Gasteiger partial charge in [0, 0.05) is 23.5 Å². The van der Waals surface area contributed by atoms with Gasteiger partial charge < -0.3 is 5.32 Å². The van der Waals surface area contributed by atoms with Crippen molar-refractivity contribution < 1.29 is 9.18 Å². The van der Waals surface area contributed by atoms with Crippen molar-refractivity contribution in [3.63, 3.8) is 0 Å². The van der Waals surface area contributed by atoms with Gasteiger partial charge in [0.15, 0.2) is 5.11 Å². The highest BCUT2D eigenvalue weighted by atomic mass is 32.1. The number of benzene rings is 1. The van der Waals surface area contributed by atoms with E-state index in [9.17, 15) is 9.18 Å². The lowest BCUT2D eigenvalue weighted by Crippen LogP contribution is -2.44. The third-order valence-electron chi connectivity index (χ3n) is 3.82. The van der Waals surface area contributed by atoms with E-state index in [4.69, 9.17) is 12.2 Å². The van der Waals surface area contributed by atoms with E-state index in [2.05, 4.69) is 35.1 Å². The minimum atomic E-state index is -0.327. The maximum absolute atomic E-state index is 12.9. The second-order valence-corrected chi connectivity index (χ2v) is 6.94. The molecule has 2 aromatic rings. The summed E-state index contributed by atoms with van der Waals surface area (Å²) in [5.41, 5.74) is 8.60. The molecule has 6 nitrogen and oxygen atoms in total. The molecular weight excluding hydrogens is 353 g/mol. The van der Waals surface area contributed by atoms with Gasteiger partial charge in [-0.2, -0.15) is 5.10 Å². The molecule has 0 saturated heterocycles. The summed E-state index contributed by atoms with van der Waals surface area (Å²) in [4.78, 5) is 12.2. The number of thiocarbonyl (C=S) groups is 1. The molecule has 0 radical (unpaired) electrons. The molecule has 1 aromatic heterocycles. The van der Waals surface area contributed by atoms with Crippen LogP contribution in [-0.4, -0.2) is 20.8 Å². The Kier molecular flexibility index (Phi) is 6.68. The maximum Gasteiger partial charge on any atom is 0.242 e. The molecular formula is C18H24FN5OS. The Balaban J connectivity index is 1.87. The standard InChI is InChI=1S/C18H24FN5OS/c1-11(2)10-24-13(4)16(12(3)23-24)9-17(25)21-22-18(26)20-15-7-5-14(19)6-8-15/h5-8,11H,9-10H2,1-4H3,(H,21,25)(H2,20,22,26). The van der Waals surface area contributed by atoms with Gasteiger partial charge in [-0.3, -0.25) is 20.3 Å². The van der Waals surface area contributed by atoms with Gasteiger partial charge in [-0.05, 0) is 56.2 Å².